The van der Waals surface area contributed by atoms with Crippen molar-refractivity contribution >= 4 is 37.2 Å². The Labute approximate surface area is 178 Å². The normalized spacial score (nSPS) is 12.3. The first kappa shape index (κ1) is 26.8. The van der Waals surface area contributed by atoms with Crippen molar-refractivity contribution in [3.05, 3.63) is 0 Å². The maximum absolute atomic E-state index is 11.7. The van der Waals surface area contributed by atoms with E-state index in [2.05, 4.69) is 39.1 Å². The highest BCUT2D eigenvalue weighted by Crippen LogP contribution is 2.14. The van der Waals surface area contributed by atoms with E-state index in [-0.39, 0.29) is 11.9 Å². The SMILES string of the molecule is CC(C)CCCCCCCCCCC(=O)OC(=O)CCCCC(S)CCS. The number of rotatable bonds is 18. The highest BCUT2D eigenvalue weighted by molar-refractivity contribution is 7.81. The highest BCUT2D eigenvalue weighted by atomic mass is 32.1. The third-order valence-corrected chi connectivity index (χ3v) is 5.55. The second-order valence-corrected chi connectivity index (χ2v) is 9.20. The molecule has 0 saturated heterocycles. The summed E-state index contributed by atoms with van der Waals surface area (Å²) in [6, 6.07) is 0. The predicted molar refractivity (Wildman–Crippen MR) is 122 cm³/mol. The topological polar surface area (TPSA) is 43.4 Å². The lowest BCUT2D eigenvalue weighted by molar-refractivity contribution is -0.159. The molecule has 3 nitrogen and oxygen atoms in total. The fourth-order valence-electron chi connectivity index (χ4n) is 3.05. The van der Waals surface area contributed by atoms with Gasteiger partial charge in [-0.3, -0.25) is 9.59 Å². The number of unbranched alkanes of at least 4 members (excludes halogenated alkanes) is 8. The Morgan fingerprint density at radius 2 is 1.15 bits per heavy atom. The molecule has 0 N–H and O–H groups in total. The maximum Gasteiger partial charge on any atom is 0.313 e. The van der Waals surface area contributed by atoms with Crippen molar-refractivity contribution in [1.29, 1.82) is 0 Å². The predicted octanol–water partition coefficient (Wildman–Crippen LogP) is 6.79. The van der Waals surface area contributed by atoms with Gasteiger partial charge in [-0.1, -0.05) is 71.6 Å². The van der Waals surface area contributed by atoms with Crippen LogP contribution in [-0.2, 0) is 14.3 Å². The van der Waals surface area contributed by atoms with Crippen LogP contribution in [0.3, 0.4) is 0 Å². The van der Waals surface area contributed by atoms with E-state index in [1.807, 2.05) is 0 Å². The molecule has 0 aromatic heterocycles. The van der Waals surface area contributed by atoms with Crippen molar-refractivity contribution in [3.8, 4) is 0 Å². The lowest BCUT2D eigenvalue weighted by Gasteiger charge is -2.08. The molecule has 0 aromatic carbocycles. The highest BCUT2D eigenvalue weighted by Gasteiger charge is 2.10. The van der Waals surface area contributed by atoms with Gasteiger partial charge in [0.1, 0.15) is 0 Å². The molecule has 5 heteroatoms. The summed E-state index contributed by atoms with van der Waals surface area (Å²) in [5, 5.41) is 0.347. The van der Waals surface area contributed by atoms with Crippen LogP contribution in [0, 0.1) is 5.92 Å². The van der Waals surface area contributed by atoms with Crippen LogP contribution >= 0.6 is 25.3 Å². The van der Waals surface area contributed by atoms with Gasteiger partial charge in [0.25, 0.3) is 0 Å². The van der Waals surface area contributed by atoms with Crippen LogP contribution in [0.1, 0.15) is 110 Å². The van der Waals surface area contributed by atoms with Gasteiger partial charge in [0.05, 0.1) is 0 Å². The summed E-state index contributed by atoms with van der Waals surface area (Å²) in [5.74, 6) is 0.908. The number of hydrogen-bond donors (Lipinski definition) is 2. The molecule has 160 valence electrons. The summed E-state index contributed by atoms with van der Waals surface area (Å²) in [7, 11) is 0. The Balaban J connectivity index is 3.41. The molecule has 0 rings (SSSR count). The van der Waals surface area contributed by atoms with Crippen LogP contribution in [0.4, 0.5) is 0 Å². The van der Waals surface area contributed by atoms with E-state index in [4.69, 9.17) is 4.74 Å². The van der Waals surface area contributed by atoms with Gasteiger partial charge in [0.15, 0.2) is 0 Å². The summed E-state index contributed by atoms with van der Waals surface area (Å²) in [4.78, 5) is 23.3. The first-order valence-electron chi connectivity index (χ1n) is 11.0. The Hall–Kier alpha value is -0.160. The Morgan fingerprint density at radius 1 is 0.704 bits per heavy atom. The fraction of sp³-hybridized carbons (Fsp3) is 0.909. The summed E-state index contributed by atoms with van der Waals surface area (Å²) < 4.78 is 4.89. The molecule has 0 spiro atoms. The van der Waals surface area contributed by atoms with Crippen molar-refractivity contribution in [2.75, 3.05) is 5.75 Å². The van der Waals surface area contributed by atoms with Crippen LogP contribution in [0.15, 0.2) is 0 Å². The number of thiol groups is 2. The average molecular weight is 419 g/mol. The van der Waals surface area contributed by atoms with Crippen molar-refractivity contribution < 1.29 is 14.3 Å². The van der Waals surface area contributed by atoms with Gasteiger partial charge in [-0.05, 0) is 37.4 Å². The van der Waals surface area contributed by atoms with Crippen LogP contribution < -0.4 is 0 Å². The molecular weight excluding hydrogens is 376 g/mol. The van der Waals surface area contributed by atoms with Gasteiger partial charge in [-0.2, -0.15) is 25.3 Å². The summed E-state index contributed by atoms with van der Waals surface area (Å²) >= 11 is 8.65. The van der Waals surface area contributed by atoms with E-state index in [1.165, 1.54) is 44.9 Å². The zero-order valence-electron chi connectivity index (χ0n) is 17.6. The molecule has 0 aliphatic carbocycles. The van der Waals surface area contributed by atoms with Crippen molar-refractivity contribution in [1.82, 2.24) is 0 Å². The molecule has 1 atom stereocenters. The molecule has 0 radical (unpaired) electrons. The number of carbonyl (C=O) groups is 2. The number of ether oxygens (including phenoxy) is 1. The number of hydrogen-bond acceptors (Lipinski definition) is 5. The van der Waals surface area contributed by atoms with Crippen LogP contribution in [-0.4, -0.2) is 22.9 Å². The molecular formula is C22H42O3S2. The van der Waals surface area contributed by atoms with E-state index in [0.717, 1.165) is 50.2 Å². The van der Waals surface area contributed by atoms with Gasteiger partial charge in [-0.15, -0.1) is 0 Å². The minimum Gasteiger partial charge on any atom is -0.393 e. The molecule has 0 amide bonds. The molecule has 0 aromatic rings. The lowest BCUT2D eigenvalue weighted by Crippen LogP contribution is -2.12. The molecule has 0 saturated carbocycles. The molecule has 0 aliphatic rings. The lowest BCUT2D eigenvalue weighted by atomic mass is 10.0. The number of esters is 2. The van der Waals surface area contributed by atoms with Crippen molar-refractivity contribution in [2.45, 2.75) is 115 Å². The van der Waals surface area contributed by atoms with Crippen LogP contribution in [0.2, 0.25) is 0 Å². The standard InChI is InChI=1S/C22H42O3S2/c1-19(2)13-9-7-5-3-4-6-8-10-15-21(23)25-22(24)16-12-11-14-20(27)17-18-26/h19-20,26-27H,3-18H2,1-2H3. The van der Waals surface area contributed by atoms with Gasteiger partial charge in [0, 0.05) is 18.1 Å². The quantitative estimate of drug-likeness (QED) is 0.111. The smallest absolute Gasteiger partial charge is 0.313 e. The van der Waals surface area contributed by atoms with Gasteiger partial charge < -0.3 is 4.74 Å². The van der Waals surface area contributed by atoms with Gasteiger partial charge in [0.2, 0.25) is 0 Å². The number of carbonyl (C=O) groups excluding carboxylic acids is 2. The Bertz CT molecular complexity index is 373. The largest absolute Gasteiger partial charge is 0.393 e. The fourth-order valence-corrected chi connectivity index (χ4v) is 3.88. The van der Waals surface area contributed by atoms with Crippen molar-refractivity contribution in [2.24, 2.45) is 5.92 Å². The van der Waals surface area contributed by atoms with E-state index >= 15 is 0 Å². The average Bonchev–Trinajstić information content (AvgIpc) is 2.60. The molecule has 0 bridgehead atoms. The van der Waals surface area contributed by atoms with Crippen LogP contribution in [0.5, 0.6) is 0 Å². The molecule has 27 heavy (non-hydrogen) atoms. The Kier molecular flexibility index (Phi) is 19.1. The van der Waals surface area contributed by atoms with E-state index in [0.29, 0.717) is 18.1 Å². The first-order chi connectivity index (χ1) is 13.0. The Morgan fingerprint density at radius 3 is 1.67 bits per heavy atom. The molecule has 0 fully saturated rings. The van der Waals surface area contributed by atoms with Gasteiger partial charge >= 0.3 is 11.9 Å². The summed E-state index contributed by atoms with van der Waals surface area (Å²) in [6.07, 6.45) is 15.3. The zero-order valence-corrected chi connectivity index (χ0v) is 19.4. The third-order valence-electron chi connectivity index (χ3n) is 4.77. The molecule has 0 aliphatic heterocycles. The van der Waals surface area contributed by atoms with Gasteiger partial charge in [-0.25, -0.2) is 0 Å². The first-order valence-corrected chi connectivity index (χ1v) is 12.1. The second-order valence-electron chi connectivity index (χ2n) is 8.02. The minimum atomic E-state index is -0.383. The van der Waals surface area contributed by atoms with E-state index < -0.39 is 0 Å². The summed E-state index contributed by atoms with van der Waals surface area (Å²) in [6.45, 7) is 4.56. The molecule has 0 heterocycles. The molecule has 1 unspecified atom stereocenters. The van der Waals surface area contributed by atoms with Crippen LogP contribution in [0.25, 0.3) is 0 Å². The monoisotopic (exact) mass is 418 g/mol. The zero-order chi connectivity index (χ0) is 20.3. The second kappa shape index (κ2) is 19.2. The van der Waals surface area contributed by atoms with Crippen molar-refractivity contribution in [3.63, 3.8) is 0 Å². The summed E-state index contributed by atoms with van der Waals surface area (Å²) in [5.41, 5.74) is 0. The maximum atomic E-state index is 11.7. The minimum absolute atomic E-state index is 0.323. The van der Waals surface area contributed by atoms with E-state index in [9.17, 15) is 9.59 Å². The third kappa shape index (κ3) is 20.4. The van der Waals surface area contributed by atoms with E-state index in [1.54, 1.807) is 0 Å².